The number of fused-ring (bicyclic) bond motifs is 2. The summed E-state index contributed by atoms with van der Waals surface area (Å²) in [6, 6.07) is 7.13. The molecule has 7 nitrogen and oxygen atoms in total. The SMILES string of the molecule is FC(F)(F)OC1CCN(C2COc3ccccc3C2Nc2ncnc3[nH]c(C(F)(F)F)cc23)C1. The van der Waals surface area contributed by atoms with E-state index >= 15 is 0 Å². The normalized spacial score (nSPS) is 23.6. The Morgan fingerprint density at radius 3 is 2.68 bits per heavy atom. The van der Waals surface area contributed by atoms with Crippen LogP contribution in [0.25, 0.3) is 11.0 Å². The highest BCUT2D eigenvalue weighted by Crippen LogP contribution is 2.39. The van der Waals surface area contributed by atoms with Crippen molar-refractivity contribution < 1.29 is 35.8 Å². The average molecular weight is 487 g/mol. The molecule has 0 amide bonds. The van der Waals surface area contributed by atoms with Crippen LogP contribution in [0.2, 0.25) is 0 Å². The highest BCUT2D eigenvalue weighted by atomic mass is 19.4. The number of nitrogens with zero attached hydrogens (tertiary/aromatic N) is 3. The van der Waals surface area contributed by atoms with Crippen LogP contribution in [0.3, 0.4) is 0 Å². The van der Waals surface area contributed by atoms with Gasteiger partial charge in [-0.3, -0.25) is 9.64 Å². The minimum Gasteiger partial charge on any atom is -0.491 e. The molecule has 0 bridgehead atoms. The molecular weight excluding hydrogens is 468 g/mol. The van der Waals surface area contributed by atoms with Crippen LogP contribution in [0.1, 0.15) is 23.7 Å². The smallest absolute Gasteiger partial charge is 0.491 e. The Bertz CT molecular complexity index is 1180. The van der Waals surface area contributed by atoms with Crippen LogP contribution in [-0.2, 0) is 10.9 Å². The Kier molecular flexibility index (Phi) is 5.55. The highest BCUT2D eigenvalue weighted by Gasteiger charge is 2.42. The van der Waals surface area contributed by atoms with Crippen molar-refractivity contribution >= 4 is 16.9 Å². The lowest BCUT2D eigenvalue weighted by Gasteiger charge is -2.39. The lowest BCUT2D eigenvalue weighted by Crippen LogP contribution is -2.47. The Morgan fingerprint density at radius 2 is 1.91 bits per heavy atom. The summed E-state index contributed by atoms with van der Waals surface area (Å²) >= 11 is 0. The van der Waals surface area contributed by atoms with Crippen molar-refractivity contribution in [3.63, 3.8) is 0 Å². The van der Waals surface area contributed by atoms with Crippen molar-refractivity contribution in [1.29, 1.82) is 0 Å². The summed E-state index contributed by atoms with van der Waals surface area (Å²) in [6.07, 6.45) is -9.00. The van der Waals surface area contributed by atoms with Gasteiger partial charge in [0.05, 0.1) is 23.6 Å². The van der Waals surface area contributed by atoms with Crippen LogP contribution < -0.4 is 10.1 Å². The molecule has 1 aromatic carbocycles. The van der Waals surface area contributed by atoms with Gasteiger partial charge < -0.3 is 15.0 Å². The van der Waals surface area contributed by atoms with Crippen molar-refractivity contribution in [3.8, 4) is 5.75 Å². The van der Waals surface area contributed by atoms with Crippen LogP contribution in [0.4, 0.5) is 32.2 Å². The number of aromatic amines is 1. The zero-order valence-electron chi connectivity index (χ0n) is 17.5. The van der Waals surface area contributed by atoms with Gasteiger partial charge in [0.15, 0.2) is 0 Å². The van der Waals surface area contributed by atoms with E-state index in [1.54, 1.807) is 24.3 Å². The molecule has 4 heterocycles. The van der Waals surface area contributed by atoms with Gasteiger partial charge in [0, 0.05) is 18.7 Å². The first-order valence-electron chi connectivity index (χ1n) is 10.5. The second kappa shape index (κ2) is 8.31. The molecule has 3 atom stereocenters. The fourth-order valence-electron chi connectivity index (χ4n) is 4.53. The second-order valence-corrected chi connectivity index (χ2v) is 8.17. The minimum atomic E-state index is -4.73. The number of ether oxygens (including phenoxy) is 2. The van der Waals surface area contributed by atoms with Crippen LogP contribution >= 0.6 is 0 Å². The van der Waals surface area contributed by atoms with Gasteiger partial charge in [0.1, 0.15) is 35.8 Å². The number of para-hydroxylation sites is 1. The number of hydrogen-bond donors (Lipinski definition) is 2. The monoisotopic (exact) mass is 487 g/mol. The van der Waals surface area contributed by atoms with Gasteiger partial charge in [-0.05, 0) is 18.6 Å². The maximum absolute atomic E-state index is 13.2. The molecule has 3 aromatic rings. The molecule has 2 aromatic heterocycles. The molecule has 2 aliphatic heterocycles. The van der Waals surface area contributed by atoms with E-state index in [4.69, 9.17) is 4.74 Å². The third-order valence-corrected chi connectivity index (χ3v) is 6.02. The molecule has 34 heavy (non-hydrogen) atoms. The molecule has 2 aliphatic rings. The largest absolute Gasteiger partial charge is 0.522 e. The third-order valence-electron chi connectivity index (χ3n) is 6.02. The molecule has 0 spiro atoms. The van der Waals surface area contributed by atoms with E-state index in [1.165, 1.54) is 0 Å². The van der Waals surface area contributed by atoms with Crippen LogP contribution in [0.15, 0.2) is 36.7 Å². The van der Waals surface area contributed by atoms with Gasteiger partial charge in [0.25, 0.3) is 0 Å². The fraction of sp³-hybridized carbons (Fsp3) is 0.429. The van der Waals surface area contributed by atoms with Crippen molar-refractivity contribution in [3.05, 3.63) is 47.9 Å². The molecule has 3 unspecified atom stereocenters. The van der Waals surface area contributed by atoms with E-state index in [1.807, 2.05) is 4.90 Å². The quantitative estimate of drug-likeness (QED) is 0.528. The molecule has 0 saturated carbocycles. The first kappa shape index (κ1) is 22.7. The molecule has 0 radical (unpaired) electrons. The minimum absolute atomic E-state index is 0.0153. The maximum Gasteiger partial charge on any atom is 0.522 e. The van der Waals surface area contributed by atoms with Gasteiger partial charge in [-0.1, -0.05) is 18.2 Å². The lowest BCUT2D eigenvalue weighted by atomic mass is 9.95. The van der Waals surface area contributed by atoms with Crippen LogP contribution in [-0.4, -0.2) is 58.1 Å². The number of likely N-dealkylation sites (tertiary alicyclic amines) is 1. The zero-order valence-corrected chi connectivity index (χ0v) is 17.5. The van der Waals surface area contributed by atoms with E-state index in [0.717, 1.165) is 18.0 Å². The summed E-state index contributed by atoms with van der Waals surface area (Å²) in [4.78, 5) is 12.1. The summed E-state index contributed by atoms with van der Waals surface area (Å²) in [7, 11) is 0. The summed E-state index contributed by atoms with van der Waals surface area (Å²) in [5, 5.41) is 3.36. The van der Waals surface area contributed by atoms with E-state index in [9.17, 15) is 26.3 Å². The van der Waals surface area contributed by atoms with Crippen LogP contribution in [0, 0.1) is 0 Å². The number of benzene rings is 1. The molecule has 13 heteroatoms. The van der Waals surface area contributed by atoms with Crippen molar-refractivity contribution in [2.75, 3.05) is 25.0 Å². The Morgan fingerprint density at radius 1 is 1.12 bits per heavy atom. The number of rotatable bonds is 4. The number of H-pyrrole nitrogens is 1. The number of halogens is 6. The molecule has 0 aliphatic carbocycles. The van der Waals surface area contributed by atoms with Gasteiger partial charge in [0.2, 0.25) is 0 Å². The molecule has 1 saturated heterocycles. The topological polar surface area (TPSA) is 75.3 Å². The Balaban J connectivity index is 1.47. The maximum atomic E-state index is 13.2. The summed E-state index contributed by atoms with van der Waals surface area (Å²) in [6.45, 7) is 0.550. The number of alkyl halides is 6. The third kappa shape index (κ3) is 4.49. The lowest BCUT2D eigenvalue weighted by molar-refractivity contribution is -0.340. The van der Waals surface area contributed by atoms with Crippen LogP contribution in [0.5, 0.6) is 5.75 Å². The summed E-state index contributed by atoms with van der Waals surface area (Å²) in [5.41, 5.74) is -0.222. The molecule has 5 rings (SSSR count). The van der Waals surface area contributed by atoms with Gasteiger partial charge in [-0.15, -0.1) is 13.2 Å². The van der Waals surface area contributed by atoms with E-state index in [-0.39, 0.29) is 36.4 Å². The Hall–Kier alpha value is -3.06. The van der Waals surface area contributed by atoms with E-state index in [0.29, 0.717) is 12.3 Å². The number of nitrogens with one attached hydrogen (secondary N) is 2. The van der Waals surface area contributed by atoms with Crippen molar-refractivity contribution in [2.45, 2.75) is 37.1 Å². The van der Waals surface area contributed by atoms with Gasteiger partial charge in [-0.25, -0.2) is 9.97 Å². The first-order valence-corrected chi connectivity index (χ1v) is 10.5. The molecule has 1 fully saturated rings. The first-order chi connectivity index (χ1) is 16.1. The summed E-state index contributed by atoms with van der Waals surface area (Å²) in [5.74, 6) is 0.750. The predicted molar refractivity (Wildman–Crippen MR) is 108 cm³/mol. The second-order valence-electron chi connectivity index (χ2n) is 8.17. The predicted octanol–water partition coefficient (Wildman–Crippen LogP) is 4.50. The highest BCUT2D eigenvalue weighted by molar-refractivity contribution is 5.88. The van der Waals surface area contributed by atoms with Crippen molar-refractivity contribution in [1.82, 2.24) is 19.9 Å². The zero-order chi connectivity index (χ0) is 24.1. The number of hydrogen-bond acceptors (Lipinski definition) is 6. The average Bonchev–Trinajstić information content (AvgIpc) is 3.40. The van der Waals surface area contributed by atoms with Gasteiger partial charge >= 0.3 is 12.5 Å². The molecule has 2 N–H and O–H groups in total. The van der Waals surface area contributed by atoms with E-state index in [2.05, 4.69) is 25.0 Å². The standard InChI is InChI=1S/C21H19F6N5O2/c22-20(23,24)16-7-13-18(30-16)28-10-29-19(13)31-17-12-3-1-2-4-15(12)33-9-14(17)32-6-5-11(8-32)34-21(25,26)27/h1-4,7,10-11,14,17H,5-6,8-9H2,(H2,28,29,30,31). The summed E-state index contributed by atoms with van der Waals surface area (Å²) < 4.78 is 87.8. The van der Waals surface area contributed by atoms with Crippen molar-refractivity contribution in [2.24, 2.45) is 0 Å². The fourth-order valence-corrected chi connectivity index (χ4v) is 4.53. The Labute approximate surface area is 189 Å². The number of aromatic nitrogens is 3. The molecular formula is C21H19F6N5O2. The van der Waals surface area contributed by atoms with E-state index < -0.39 is 36.4 Å². The van der Waals surface area contributed by atoms with Gasteiger partial charge in [-0.2, -0.15) is 13.2 Å². The number of anilines is 1. The molecule has 182 valence electrons.